The first-order valence-corrected chi connectivity index (χ1v) is 6.21. The lowest BCUT2D eigenvalue weighted by Crippen LogP contribution is -2.24. The Balaban J connectivity index is 2.36. The largest absolute Gasteiger partial charge is 0.436 e. The van der Waals surface area contributed by atoms with Crippen molar-refractivity contribution in [3.8, 4) is 0 Å². The number of carbonyl (C=O) groups is 1. The molecule has 3 nitrogen and oxygen atoms in total. The Morgan fingerprint density at radius 1 is 1.38 bits per heavy atom. The molecular formula is C13H22O3. The van der Waals surface area contributed by atoms with Crippen LogP contribution >= 0.6 is 0 Å². The summed E-state index contributed by atoms with van der Waals surface area (Å²) in [7, 11) is 0. The monoisotopic (exact) mass is 226 g/mol. The molecule has 3 heteroatoms. The van der Waals surface area contributed by atoms with Crippen molar-refractivity contribution in [3.63, 3.8) is 0 Å². The van der Waals surface area contributed by atoms with Crippen LogP contribution in [-0.2, 0) is 14.3 Å². The van der Waals surface area contributed by atoms with E-state index in [-0.39, 0.29) is 11.9 Å². The first-order chi connectivity index (χ1) is 7.74. The maximum Gasteiger partial charge on any atom is 0.311 e. The van der Waals surface area contributed by atoms with Gasteiger partial charge >= 0.3 is 5.97 Å². The lowest BCUT2D eigenvalue weighted by molar-refractivity contribution is -0.179. The highest BCUT2D eigenvalue weighted by Crippen LogP contribution is 2.20. The first kappa shape index (κ1) is 13.2. The van der Waals surface area contributed by atoms with Gasteiger partial charge in [-0.25, -0.2) is 0 Å². The van der Waals surface area contributed by atoms with Crippen LogP contribution in [0.3, 0.4) is 0 Å². The molecule has 2 atom stereocenters. The van der Waals surface area contributed by atoms with Crippen LogP contribution in [0.1, 0.15) is 46.0 Å². The Morgan fingerprint density at radius 3 is 2.88 bits per heavy atom. The molecule has 0 N–H and O–H groups in total. The number of rotatable bonds is 4. The minimum atomic E-state index is -0.418. The van der Waals surface area contributed by atoms with Crippen molar-refractivity contribution >= 4 is 5.97 Å². The van der Waals surface area contributed by atoms with Gasteiger partial charge in [-0.1, -0.05) is 12.2 Å². The number of hydrogen-bond acceptors (Lipinski definition) is 3. The van der Waals surface area contributed by atoms with Crippen molar-refractivity contribution < 1.29 is 14.3 Å². The van der Waals surface area contributed by atoms with Crippen molar-refractivity contribution in [3.05, 3.63) is 12.2 Å². The van der Waals surface area contributed by atoms with Crippen molar-refractivity contribution in [2.45, 2.75) is 52.2 Å². The van der Waals surface area contributed by atoms with Gasteiger partial charge in [-0.3, -0.25) is 4.79 Å². The third-order valence-electron chi connectivity index (χ3n) is 2.79. The molecule has 16 heavy (non-hydrogen) atoms. The standard InChI is InChI=1S/C13H22O3/c1-3-15-11(2)16-13(14)12-9-7-5-4-6-8-10-12/h4-5,11-12H,3,6-10H2,1-2H3/b5-4-. The van der Waals surface area contributed by atoms with Crippen LogP contribution in [0.2, 0.25) is 0 Å². The second-order valence-corrected chi connectivity index (χ2v) is 4.14. The Bertz CT molecular complexity index is 235. The fourth-order valence-electron chi connectivity index (χ4n) is 1.92. The van der Waals surface area contributed by atoms with Crippen molar-refractivity contribution in [2.75, 3.05) is 6.61 Å². The van der Waals surface area contributed by atoms with Gasteiger partial charge in [0.05, 0.1) is 5.92 Å². The van der Waals surface area contributed by atoms with Gasteiger partial charge in [-0.2, -0.15) is 0 Å². The fourth-order valence-corrected chi connectivity index (χ4v) is 1.92. The minimum absolute atomic E-state index is 0.0489. The van der Waals surface area contributed by atoms with E-state index in [1.165, 1.54) is 0 Å². The molecule has 92 valence electrons. The van der Waals surface area contributed by atoms with Gasteiger partial charge in [-0.15, -0.1) is 0 Å². The molecule has 2 unspecified atom stereocenters. The van der Waals surface area contributed by atoms with E-state index in [0.717, 1.165) is 32.1 Å². The summed E-state index contributed by atoms with van der Waals surface area (Å²) in [5.41, 5.74) is 0. The van der Waals surface area contributed by atoms with Crippen LogP contribution in [0.4, 0.5) is 0 Å². The van der Waals surface area contributed by atoms with Crippen LogP contribution in [0.25, 0.3) is 0 Å². The van der Waals surface area contributed by atoms with Gasteiger partial charge < -0.3 is 9.47 Å². The fraction of sp³-hybridized carbons (Fsp3) is 0.769. The number of ether oxygens (including phenoxy) is 2. The average molecular weight is 226 g/mol. The molecule has 0 aromatic heterocycles. The summed E-state index contributed by atoms with van der Waals surface area (Å²) in [6, 6.07) is 0. The van der Waals surface area contributed by atoms with Gasteiger partial charge in [0.2, 0.25) is 0 Å². The minimum Gasteiger partial charge on any atom is -0.436 e. The predicted octanol–water partition coefficient (Wildman–Crippen LogP) is 3.05. The highest BCUT2D eigenvalue weighted by Gasteiger charge is 2.21. The van der Waals surface area contributed by atoms with E-state index in [1.807, 2.05) is 6.92 Å². The van der Waals surface area contributed by atoms with Crippen LogP contribution in [0, 0.1) is 5.92 Å². The normalized spacial score (nSPS) is 25.2. The molecule has 0 saturated heterocycles. The molecule has 0 amide bonds. The molecule has 0 aromatic carbocycles. The summed E-state index contributed by atoms with van der Waals surface area (Å²) < 4.78 is 10.4. The highest BCUT2D eigenvalue weighted by molar-refractivity contribution is 5.72. The van der Waals surface area contributed by atoms with E-state index in [4.69, 9.17) is 9.47 Å². The summed E-state index contributed by atoms with van der Waals surface area (Å²) in [6.45, 7) is 4.23. The van der Waals surface area contributed by atoms with E-state index in [9.17, 15) is 4.79 Å². The quantitative estimate of drug-likeness (QED) is 0.420. The predicted molar refractivity (Wildman–Crippen MR) is 62.9 cm³/mol. The molecule has 1 aliphatic rings. The van der Waals surface area contributed by atoms with Crippen LogP contribution in [-0.4, -0.2) is 18.9 Å². The lowest BCUT2D eigenvalue weighted by atomic mass is 9.94. The summed E-state index contributed by atoms with van der Waals surface area (Å²) in [5.74, 6) is -0.0518. The Morgan fingerprint density at radius 2 is 2.12 bits per heavy atom. The molecule has 1 aliphatic carbocycles. The maximum absolute atomic E-state index is 11.8. The second-order valence-electron chi connectivity index (χ2n) is 4.14. The SMILES string of the molecule is CCOC(C)OC(=O)C1CC/C=C\CCC1. The molecule has 0 aromatic rings. The van der Waals surface area contributed by atoms with Gasteiger partial charge in [-0.05, 0) is 46.0 Å². The Labute approximate surface area is 97.8 Å². The van der Waals surface area contributed by atoms with Gasteiger partial charge in [0, 0.05) is 6.61 Å². The molecule has 0 spiro atoms. The summed E-state index contributed by atoms with van der Waals surface area (Å²) in [5, 5.41) is 0. The first-order valence-electron chi connectivity index (χ1n) is 6.21. The summed E-state index contributed by atoms with van der Waals surface area (Å²) in [4.78, 5) is 11.8. The number of esters is 1. The smallest absolute Gasteiger partial charge is 0.311 e. The third kappa shape index (κ3) is 4.79. The summed E-state index contributed by atoms with van der Waals surface area (Å²) in [6.07, 6.45) is 8.89. The molecule has 0 bridgehead atoms. The van der Waals surface area contributed by atoms with Crippen molar-refractivity contribution in [1.29, 1.82) is 0 Å². The summed E-state index contributed by atoms with van der Waals surface area (Å²) >= 11 is 0. The Kier molecular flexibility index (Phi) is 6.16. The van der Waals surface area contributed by atoms with Crippen LogP contribution in [0.15, 0.2) is 12.2 Å². The second kappa shape index (κ2) is 7.44. The zero-order valence-corrected chi connectivity index (χ0v) is 10.3. The van der Waals surface area contributed by atoms with E-state index in [0.29, 0.717) is 6.61 Å². The topological polar surface area (TPSA) is 35.5 Å². The average Bonchev–Trinajstić information content (AvgIpc) is 2.16. The van der Waals surface area contributed by atoms with Gasteiger partial charge in [0.25, 0.3) is 0 Å². The molecular weight excluding hydrogens is 204 g/mol. The van der Waals surface area contributed by atoms with E-state index in [2.05, 4.69) is 12.2 Å². The third-order valence-corrected chi connectivity index (χ3v) is 2.79. The Hall–Kier alpha value is -0.830. The van der Waals surface area contributed by atoms with Crippen LogP contribution < -0.4 is 0 Å². The van der Waals surface area contributed by atoms with Gasteiger partial charge in [0.15, 0.2) is 6.29 Å². The van der Waals surface area contributed by atoms with E-state index in [1.54, 1.807) is 6.92 Å². The zero-order chi connectivity index (χ0) is 11.8. The molecule has 0 radical (unpaired) electrons. The molecule has 1 rings (SSSR count). The zero-order valence-electron chi connectivity index (χ0n) is 10.3. The number of carbonyl (C=O) groups excluding carboxylic acids is 1. The van der Waals surface area contributed by atoms with Crippen molar-refractivity contribution in [1.82, 2.24) is 0 Å². The van der Waals surface area contributed by atoms with Crippen LogP contribution in [0.5, 0.6) is 0 Å². The molecule has 0 saturated carbocycles. The maximum atomic E-state index is 11.8. The highest BCUT2D eigenvalue weighted by atomic mass is 16.7. The number of allylic oxidation sites excluding steroid dienone is 2. The molecule has 0 aliphatic heterocycles. The lowest BCUT2D eigenvalue weighted by Gasteiger charge is -2.19. The number of hydrogen-bond donors (Lipinski definition) is 0. The van der Waals surface area contributed by atoms with Gasteiger partial charge in [0.1, 0.15) is 0 Å². The molecule has 0 heterocycles. The van der Waals surface area contributed by atoms with Crippen molar-refractivity contribution in [2.24, 2.45) is 5.92 Å². The van der Waals surface area contributed by atoms with E-state index >= 15 is 0 Å². The molecule has 0 fully saturated rings. The van der Waals surface area contributed by atoms with E-state index < -0.39 is 6.29 Å².